The van der Waals surface area contributed by atoms with Crippen LogP contribution in [-0.4, -0.2) is 87.1 Å². The Bertz CT molecular complexity index is 567. The third kappa shape index (κ3) is 7.76. The highest BCUT2D eigenvalue weighted by molar-refractivity contribution is 5.94. The van der Waals surface area contributed by atoms with Crippen molar-refractivity contribution in [2.75, 3.05) is 6.61 Å². The Labute approximate surface area is 162 Å². The van der Waals surface area contributed by atoms with Crippen LogP contribution in [0.2, 0.25) is 0 Å². The number of hydrogen-bond donors (Lipinski definition) is 8. The van der Waals surface area contributed by atoms with Crippen molar-refractivity contribution in [2.24, 2.45) is 11.7 Å². The summed E-state index contributed by atoms with van der Waals surface area (Å²) in [5.41, 5.74) is 5.45. The third-order valence-corrected chi connectivity index (χ3v) is 3.93. The van der Waals surface area contributed by atoms with Gasteiger partial charge in [0.05, 0.1) is 18.8 Å². The summed E-state index contributed by atoms with van der Waals surface area (Å²) in [6, 6.07) is -5.56. The maximum absolute atomic E-state index is 12.4. The van der Waals surface area contributed by atoms with E-state index in [-0.39, 0.29) is 0 Å². The molecule has 0 aliphatic carbocycles. The molecule has 0 saturated carbocycles. The van der Waals surface area contributed by atoms with Gasteiger partial charge in [-0.2, -0.15) is 0 Å². The Morgan fingerprint density at radius 2 is 1.32 bits per heavy atom. The number of carbonyl (C=O) groups excluding carboxylic acids is 3. The van der Waals surface area contributed by atoms with Crippen molar-refractivity contribution < 1.29 is 39.6 Å². The highest BCUT2D eigenvalue weighted by Gasteiger charge is 2.33. The van der Waals surface area contributed by atoms with E-state index in [2.05, 4.69) is 16.0 Å². The van der Waals surface area contributed by atoms with E-state index in [1.165, 1.54) is 13.8 Å². The molecule has 162 valence electrons. The Morgan fingerprint density at radius 1 is 0.821 bits per heavy atom. The van der Waals surface area contributed by atoms with Crippen LogP contribution in [-0.2, 0) is 19.2 Å². The van der Waals surface area contributed by atoms with E-state index >= 15 is 0 Å². The van der Waals surface area contributed by atoms with Gasteiger partial charge >= 0.3 is 5.97 Å². The molecule has 0 aromatic carbocycles. The zero-order valence-electron chi connectivity index (χ0n) is 16.2. The highest BCUT2D eigenvalue weighted by Crippen LogP contribution is 2.05. The Morgan fingerprint density at radius 3 is 1.68 bits per heavy atom. The van der Waals surface area contributed by atoms with Crippen LogP contribution in [0.25, 0.3) is 0 Å². The number of aliphatic hydroxyl groups excluding tert-OH is 3. The number of nitrogens with two attached hydrogens (primary N) is 1. The summed E-state index contributed by atoms with van der Waals surface area (Å²) in [6.07, 6.45) is -2.57. The maximum atomic E-state index is 12.4. The topological polar surface area (TPSA) is 211 Å². The van der Waals surface area contributed by atoms with Crippen molar-refractivity contribution >= 4 is 23.7 Å². The molecule has 12 nitrogen and oxygen atoms in total. The van der Waals surface area contributed by atoms with Gasteiger partial charge in [0.1, 0.15) is 18.1 Å². The molecule has 0 aromatic rings. The summed E-state index contributed by atoms with van der Waals surface area (Å²) < 4.78 is 0. The molecular formula is C16H30N4O8. The fraction of sp³-hybridized carbons (Fsp3) is 0.750. The first kappa shape index (κ1) is 25.7. The largest absolute Gasteiger partial charge is 0.480 e. The lowest BCUT2D eigenvalue weighted by Gasteiger charge is -2.27. The van der Waals surface area contributed by atoms with E-state index in [9.17, 15) is 34.5 Å². The van der Waals surface area contributed by atoms with Crippen LogP contribution in [0, 0.1) is 5.92 Å². The molecule has 12 heteroatoms. The first-order valence-electron chi connectivity index (χ1n) is 8.69. The summed E-state index contributed by atoms with van der Waals surface area (Å²) in [6.45, 7) is 4.82. The van der Waals surface area contributed by atoms with Crippen LogP contribution in [0.1, 0.15) is 27.7 Å². The summed E-state index contributed by atoms with van der Waals surface area (Å²) >= 11 is 0. The Kier molecular flexibility index (Phi) is 10.6. The molecule has 0 rings (SSSR count). The minimum absolute atomic E-state index is 0.484. The lowest BCUT2D eigenvalue weighted by atomic mass is 10.0. The van der Waals surface area contributed by atoms with Crippen molar-refractivity contribution in [3.63, 3.8) is 0 Å². The molecule has 0 bridgehead atoms. The summed E-state index contributed by atoms with van der Waals surface area (Å²) in [7, 11) is 0. The Balaban J connectivity index is 5.20. The van der Waals surface area contributed by atoms with E-state index in [0.29, 0.717) is 0 Å². The second-order valence-corrected chi connectivity index (χ2v) is 6.81. The van der Waals surface area contributed by atoms with Gasteiger partial charge in [-0.1, -0.05) is 13.8 Å². The fourth-order valence-electron chi connectivity index (χ4n) is 2.10. The number of aliphatic carboxylic acids is 1. The van der Waals surface area contributed by atoms with Crippen molar-refractivity contribution in [2.45, 2.75) is 64.1 Å². The quantitative estimate of drug-likeness (QED) is 0.169. The molecule has 0 fully saturated rings. The molecule has 0 aliphatic heterocycles. The standard InChI is InChI=1S/C16H30N4O8/c1-6(2)11(15(26)20-12(8(4)23)16(27)28)19-13(24)9(5-21)18-14(25)10(17)7(3)22/h6-12,21-23H,5,17H2,1-4H3,(H,18,25)(H,19,24)(H,20,26)(H,27,28). The average Bonchev–Trinajstić information content (AvgIpc) is 2.59. The molecule has 3 amide bonds. The van der Waals surface area contributed by atoms with Crippen LogP contribution < -0.4 is 21.7 Å². The lowest BCUT2D eigenvalue weighted by Crippen LogP contribution is -2.60. The molecule has 9 N–H and O–H groups in total. The minimum atomic E-state index is -1.58. The first-order valence-corrected chi connectivity index (χ1v) is 8.69. The van der Waals surface area contributed by atoms with Gasteiger partial charge in [-0.3, -0.25) is 14.4 Å². The van der Waals surface area contributed by atoms with Crippen LogP contribution in [0.4, 0.5) is 0 Å². The van der Waals surface area contributed by atoms with Gasteiger partial charge in [0.25, 0.3) is 0 Å². The van der Waals surface area contributed by atoms with Gasteiger partial charge < -0.3 is 42.1 Å². The zero-order chi connectivity index (χ0) is 22.2. The number of rotatable bonds is 11. The smallest absolute Gasteiger partial charge is 0.328 e. The number of carboxylic acid groups (broad SMARTS) is 1. The predicted octanol–water partition coefficient (Wildman–Crippen LogP) is -3.74. The van der Waals surface area contributed by atoms with Crippen molar-refractivity contribution in [1.82, 2.24) is 16.0 Å². The van der Waals surface area contributed by atoms with Crippen LogP contribution in [0.15, 0.2) is 0 Å². The summed E-state index contributed by atoms with van der Waals surface area (Å²) in [5, 5.41) is 43.8. The number of carbonyl (C=O) groups is 4. The fourth-order valence-corrected chi connectivity index (χ4v) is 2.10. The normalized spacial score (nSPS) is 17.6. The molecule has 0 saturated heterocycles. The molecule has 28 heavy (non-hydrogen) atoms. The van der Waals surface area contributed by atoms with Gasteiger partial charge in [0, 0.05) is 0 Å². The van der Waals surface area contributed by atoms with Gasteiger partial charge in [0.2, 0.25) is 17.7 Å². The molecule has 6 unspecified atom stereocenters. The molecule has 0 heterocycles. The average molecular weight is 406 g/mol. The summed E-state index contributed by atoms with van der Waals surface area (Å²) in [4.78, 5) is 47.7. The van der Waals surface area contributed by atoms with Crippen LogP contribution in [0.5, 0.6) is 0 Å². The number of carboxylic acids is 1. The minimum Gasteiger partial charge on any atom is -0.480 e. The highest BCUT2D eigenvalue weighted by atomic mass is 16.4. The van der Waals surface area contributed by atoms with Crippen molar-refractivity contribution in [3.05, 3.63) is 0 Å². The van der Waals surface area contributed by atoms with E-state index in [1.807, 2.05) is 0 Å². The van der Waals surface area contributed by atoms with Gasteiger partial charge in [-0.15, -0.1) is 0 Å². The van der Waals surface area contributed by atoms with Crippen molar-refractivity contribution in [3.8, 4) is 0 Å². The second kappa shape index (κ2) is 11.5. The number of amides is 3. The first-order chi connectivity index (χ1) is 12.8. The van der Waals surface area contributed by atoms with Gasteiger partial charge in [-0.05, 0) is 19.8 Å². The SMILES string of the molecule is CC(C)C(NC(=O)C(CO)NC(=O)C(N)C(C)O)C(=O)NC(C(=O)O)C(C)O. The van der Waals surface area contributed by atoms with Crippen molar-refractivity contribution in [1.29, 1.82) is 0 Å². The maximum Gasteiger partial charge on any atom is 0.328 e. The monoisotopic (exact) mass is 406 g/mol. The molecule has 0 aromatic heterocycles. The van der Waals surface area contributed by atoms with Crippen LogP contribution >= 0.6 is 0 Å². The number of hydrogen-bond acceptors (Lipinski definition) is 8. The number of nitrogens with one attached hydrogen (secondary N) is 3. The van der Waals surface area contributed by atoms with Crippen LogP contribution in [0.3, 0.4) is 0 Å². The zero-order valence-corrected chi connectivity index (χ0v) is 16.2. The lowest BCUT2D eigenvalue weighted by molar-refractivity contribution is -0.145. The molecule has 6 atom stereocenters. The summed E-state index contributed by atoms with van der Waals surface area (Å²) in [5.74, 6) is -4.59. The van der Waals surface area contributed by atoms with E-state index in [1.54, 1.807) is 13.8 Å². The predicted molar refractivity (Wildman–Crippen MR) is 96.7 cm³/mol. The van der Waals surface area contributed by atoms with Gasteiger partial charge in [-0.25, -0.2) is 4.79 Å². The molecule has 0 radical (unpaired) electrons. The molecule has 0 aliphatic rings. The molecular weight excluding hydrogens is 376 g/mol. The Hall–Kier alpha value is -2.28. The van der Waals surface area contributed by atoms with Gasteiger partial charge in [0.15, 0.2) is 6.04 Å². The van der Waals surface area contributed by atoms with E-state index in [0.717, 1.165) is 0 Å². The van der Waals surface area contributed by atoms with E-state index in [4.69, 9.17) is 10.8 Å². The number of aliphatic hydroxyl groups is 3. The third-order valence-electron chi connectivity index (χ3n) is 3.93. The molecule has 0 spiro atoms. The second-order valence-electron chi connectivity index (χ2n) is 6.81. The van der Waals surface area contributed by atoms with E-state index < -0.39 is 72.6 Å².